The first-order valence-electron chi connectivity index (χ1n) is 10.6. The maximum atomic E-state index is 12.5. The summed E-state index contributed by atoms with van der Waals surface area (Å²) in [4.78, 5) is 46.5. The average molecular weight is 481 g/mol. The minimum atomic E-state index is -1.31. The highest BCUT2D eigenvalue weighted by Crippen LogP contribution is 2.35. The normalized spacial score (nSPS) is 14.1. The van der Waals surface area contributed by atoms with Crippen LogP contribution >= 0.6 is 0 Å². The number of urea groups is 1. The van der Waals surface area contributed by atoms with Gasteiger partial charge in [-0.1, -0.05) is 18.2 Å². The van der Waals surface area contributed by atoms with Crippen molar-refractivity contribution in [3.63, 3.8) is 0 Å². The van der Waals surface area contributed by atoms with Crippen LogP contribution in [-0.4, -0.2) is 46.0 Å². The number of nitrogens with zero attached hydrogens (tertiary/aromatic N) is 2. The molecular formula is C24H23N3O8. The molecule has 0 aromatic heterocycles. The van der Waals surface area contributed by atoms with Gasteiger partial charge in [-0.25, -0.2) is 9.69 Å². The number of amides is 3. The van der Waals surface area contributed by atoms with E-state index >= 15 is 0 Å². The molecule has 1 heterocycles. The SMILES string of the molecule is C=CCc1cc(/C=C2/NC(=O)N(CC(=O)O)C2=O)cc(OCC)c1OCc1cccc([N+](=O)[O-])c1. The van der Waals surface area contributed by atoms with Crippen molar-refractivity contribution in [1.82, 2.24) is 10.2 Å². The zero-order valence-electron chi connectivity index (χ0n) is 18.9. The highest BCUT2D eigenvalue weighted by Gasteiger charge is 2.35. The number of non-ortho nitro benzene ring substituents is 1. The quantitative estimate of drug-likeness (QED) is 0.163. The van der Waals surface area contributed by atoms with Gasteiger partial charge in [-0.15, -0.1) is 6.58 Å². The van der Waals surface area contributed by atoms with Crippen molar-refractivity contribution in [2.45, 2.75) is 20.0 Å². The number of carbonyl (C=O) groups is 3. The number of imide groups is 1. The van der Waals surface area contributed by atoms with Crippen LogP contribution in [0.25, 0.3) is 6.08 Å². The fourth-order valence-corrected chi connectivity index (χ4v) is 3.43. The Morgan fingerprint density at radius 1 is 1.26 bits per heavy atom. The van der Waals surface area contributed by atoms with Gasteiger partial charge in [0.05, 0.1) is 11.5 Å². The summed E-state index contributed by atoms with van der Waals surface area (Å²) in [6.45, 7) is 5.14. The molecule has 182 valence electrons. The molecule has 11 nitrogen and oxygen atoms in total. The summed E-state index contributed by atoms with van der Waals surface area (Å²) in [6.07, 6.45) is 3.45. The Kier molecular flexibility index (Phi) is 7.82. The summed E-state index contributed by atoms with van der Waals surface area (Å²) >= 11 is 0. The monoisotopic (exact) mass is 481 g/mol. The largest absolute Gasteiger partial charge is 0.490 e. The van der Waals surface area contributed by atoms with E-state index < -0.39 is 29.4 Å². The van der Waals surface area contributed by atoms with Gasteiger partial charge in [0, 0.05) is 17.7 Å². The van der Waals surface area contributed by atoms with Crippen molar-refractivity contribution in [1.29, 1.82) is 0 Å². The van der Waals surface area contributed by atoms with E-state index in [-0.39, 0.29) is 18.0 Å². The number of nitro groups is 1. The van der Waals surface area contributed by atoms with Crippen molar-refractivity contribution >= 4 is 29.7 Å². The second-order valence-electron chi connectivity index (χ2n) is 7.42. The van der Waals surface area contributed by atoms with E-state index in [0.29, 0.717) is 46.1 Å². The third-order valence-corrected chi connectivity index (χ3v) is 4.89. The number of nitro benzene ring substituents is 1. The van der Waals surface area contributed by atoms with E-state index in [9.17, 15) is 24.5 Å². The number of nitrogens with one attached hydrogen (secondary N) is 1. The lowest BCUT2D eigenvalue weighted by atomic mass is 10.0. The molecule has 0 bridgehead atoms. The minimum absolute atomic E-state index is 0.0467. The third kappa shape index (κ3) is 6.02. The van der Waals surface area contributed by atoms with Crippen LogP contribution in [0.2, 0.25) is 0 Å². The van der Waals surface area contributed by atoms with Crippen LogP contribution in [0.15, 0.2) is 54.8 Å². The lowest BCUT2D eigenvalue weighted by Gasteiger charge is -2.17. The Hall–Kier alpha value is -4.67. The molecule has 2 aromatic carbocycles. The van der Waals surface area contributed by atoms with E-state index in [4.69, 9.17) is 14.6 Å². The van der Waals surface area contributed by atoms with Crippen LogP contribution in [0, 0.1) is 10.1 Å². The van der Waals surface area contributed by atoms with E-state index in [1.807, 2.05) is 0 Å². The Morgan fingerprint density at radius 3 is 2.69 bits per heavy atom. The van der Waals surface area contributed by atoms with Crippen molar-refractivity contribution in [2.24, 2.45) is 0 Å². The number of carbonyl (C=O) groups excluding carboxylic acids is 2. The summed E-state index contributed by atoms with van der Waals surface area (Å²) in [6, 6.07) is 8.60. The van der Waals surface area contributed by atoms with Gasteiger partial charge in [-0.05, 0) is 42.7 Å². The Balaban J connectivity index is 1.94. The molecule has 0 aliphatic carbocycles. The van der Waals surface area contributed by atoms with Crippen molar-refractivity contribution in [3.8, 4) is 11.5 Å². The molecule has 3 rings (SSSR count). The van der Waals surface area contributed by atoms with Crippen LogP contribution in [0.1, 0.15) is 23.6 Å². The molecule has 35 heavy (non-hydrogen) atoms. The Morgan fingerprint density at radius 2 is 2.03 bits per heavy atom. The summed E-state index contributed by atoms with van der Waals surface area (Å²) in [5.41, 5.74) is 1.64. The molecule has 1 aliphatic heterocycles. The Bertz CT molecular complexity index is 1220. The number of benzene rings is 2. The van der Waals surface area contributed by atoms with Gasteiger partial charge in [0.25, 0.3) is 11.6 Å². The molecule has 1 fully saturated rings. The van der Waals surface area contributed by atoms with Crippen LogP contribution in [-0.2, 0) is 22.6 Å². The average Bonchev–Trinajstić information content (AvgIpc) is 3.06. The summed E-state index contributed by atoms with van der Waals surface area (Å²) < 4.78 is 11.7. The van der Waals surface area contributed by atoms with Crippen LogP contribution in [0.3, 0.4) is 0 Å². The smallest absolute Gasteiger partial charge is 0.329 e. The first-order valence-corrected chi connectivity index (χ1v) is 10.6. The number of hydrogen-bond donors (Lipinski definition) is 2. The molecular weight excluding hydrogens is 458 g/mol. The maximum Gasteiger partial charge on any atom is 0.329 e. The highest BCUT2D eigenvalue weighted by atomic mass is 16.6. The number of carboxylic acids is 1. The van der Waals surface area contributed by atoms with Gasteiger partial charge in [0.2, 0.25) is 0 Å². The minimum Gasteiger partial charge on any atom is -0.490 e. The second kappa shape index (κ2) is 11.0. The molecule has 0 unspecified atom stereocenters. The number of carboxylic acid groups (broad SMARTS) is 1. The van der Waals surface area contributed by atoms with Crippen molar-refractivity contribution < 1.29 is 33.9 Å². The number of aliphatic carboxylic acids is 1. The topological polar surface area (TPSA) is 148 Å². The van der Waals surface area contributed by atoms with Crippen molar-refractivity contribution in [2.75, 3.05) is 13.2 Å². The number of ether oxygens (including phenoxy) is 2. The first-order chi connectivity index (χ1) is 16.7. The van der Waals surface area contributed by atoms with Gasteiger partial charge in [0.15, 0.2) is 11.5 Å². The lowest BCUT2D eigenvalue weighted by molar-refractivity contribution is -0.384. The molecule has 0 spiro atoms. The molecule has 1 saturated heterocycles. The third-order valence-electron chi connectivity index (χ3n) is 4.89. The zero-order valence-corrected chi connectivity index (χ0v) is 18.9. The molecule has 3 amide bonds. The zero-order chi connectivity index (χ0) is 25.5. The van der Waals surface area contributed by atoms with E-state index in [1.54, 1.807) is 37.3 Å². The number of hydrogen-bond acceptors (Lipinski definition) is 7. The molecule has 2 aromatic rings. The van der Waals surface area contributed by atoms with Crippen molar-refractivity contribution in [3.05, 3.63) is 81.6 Å². The van der Waals surface area contributed by atoms with E-state index in [1.165, 1.54) is 18.2 Å². The van der Waals surface area contributed by atoms with E-state index in [0.717, 1.165) is 0 Å². The van der Waals surface area contributed by atoms with Crippen LogP contribution in [0.4, 0.5) is 10.5 Å². The number of allylic oxidation sites excluding steroid dienone is 1. The van der Waals surface area contributed by atoms with Crippen LogP contribution < -0.4 is 14.8 Å². The summed E-state index contributed by atoms with van der Waals surface area (Å²) in [5.74, 6) is -1.29. The standard InChI is InChI=1S/C24H23N3O8/c1-3-6-17-9-16(11-19-23(30)26(13-21(28)29)24(31)25-19)12-20(34-4-2)22(17)35-14-15-7-5-8-18(10-15)27(32)33/h3,5,7-12H,1,4,6,13-14H2,2H3,(H,25,31)(H,28,29)/b19-11+. The molecule has 0 atom stereocenters. The molecule has 0 radical (unpaired) electrons. The van der Waals surface area contributed by atoms with Gasteiger partial charge >= 0.3 is 12.0 Å². The molecule has 2 N–H and O–H groups in total. The predicted octanol–water partition coefficient (Wildman–Crippen LogP) is 3.28. The molecule has 1 aliphatic rings. The van der Waals surface area contributed by atoms with E-state index in [2.05, 4.69) is 11.9 Å². The predicted molar refractivity (Wildman–Crippen MR) is 125 cm³/mol. The Labute approximate surface area is 200 Å². The van der Waals surface area contributed by atoms with Gasteiger partial charge < -0.3 is 19.9 Å². The van der Waals surface area contributed by atoms with Gasteiger partial charge in [-0.2, -0.15) is 0 Å². The fourth-order valence-electron chi connectivity index (χ4n) is 3.43. The fraction of sp³-hybridized carbons (Fsp3) is 0.208. The lowest BCUT2D eigenvalue weighted by Crippen LogP contribution is -2.35. The highest BCUT2D eigenvalue weighted by molar-refractivity contribution is 6.15. The van der Waals surface area contributed by atoms with Crippen LogP contribution in [0.5, 0.6) is 11.5 Å². The molecule has 11 heteroatoms. The van der Waals surface area contributed by atoms with Gasteiger partial charge in [0.1, 0.15) is 18.8 Å². The summed E-state index contributed by atoms with van der Waals surface area (Å²) in [5, 5.41) is 22.3. The first kappa shape index (κ1) is 25.0. The maximum absolute atomic E-state index is 12.5. The molecule has 0 saturated carbocycles. The summed E-state index contributed by atoms with van der Waals surface area (Å²) in [7, 11) is 0. The second-order valence-corrected chi connectivity index (χ2v) is 7.42. The number of rotatable bonds is 11. The van der Waals surface area contributed by atoms with Gasteiger partial charge in [-0.3, -0.25) is 19.7 Å².